The zero-order valence-corrected chi connectivity index (χ0v) is 17.0. The summed E-state index contributed by atoms with van der Waals surface area (Å²) in [5.41, 5.74) is 0. The van der Waals surface area contributed by atoms with Crippen LogP contribution in [0.4, 0.5) is 0 Å². The number of hydrogen-bond donors (Lipinski definition) is 2. The van der Waals surface area contributed by atoms with Gasteiger partial charge in [0.25, 0.3) is 0 Å². The van der Waals surface area contributed by atoms with Gasteiger partial charge in [-0.1, -0.05) is 0 Å². The van der Waals surface area contributed by atoms with Crippen LogP contribution in [-0.4, -0.2) is 102 Å². The molecule has 0 aromatic rings. The molecule has 0 aromatic heterocycles. The van der Waals surface area contributed by atoms with Crippen molar-refractivity contribution in [1.82, 2.24) is 20.4 Å². The van der Waals surface area contributed by atoms with Gasteiger partial charge in [0.15, 0.2) is 5.96 Å². The molecule has 0 saturated carbocycles. The molecule has 1 unspecified atom stereocenters. The van der Waals surface area contributed by atoms with Crippen LogP contribution in [0.2, 0.25) is 0 Å². The Morgan fingerprint density at radius 2 is 1.92 bits per heavy atom. The Morgan fingerprint density at radius 1 is 1.19 bits per heavy atom. The van der Waals surface area contributed by atoms with Gasteiger partial charge in [-0.2, -0.15) is 0 Å². The second kappa shape index (κ2) is 12.5. The normalized spacial score (nSPS) is 22.3. The lowest BCUT2D eigenvalue weighted by molar-refractivity contribution is 0.0203. The molecule has 7 heteroatoms. The summed E-state index contributed by atoms with van der Waals surface area (Å²) in [4.78, 5) is 9.26. The van der Waals surface area contributed by atoms with E-state index in [4.69, 9.17) is 9.47 Å². The Labute approximate surface area is 159 Å². The van der Waals surface area contributed by atoms with Crippen LogP contribution >= 0.6 is 0 Å². The maximum absolute atomic E-state index is 5.81. The van der Waals surface area contributed by atoms with Gasteiger partial charge in [-0.3, -0.25) is 9.89 Å². The summed E-state index contributed by atoms with van der Waals surface area (Å²) in [5.74, 6) is 1.57. The minimum absolute atomic E-state index is 0.519. The molecule has 2 heterocycles. The number of likely N-dealkylation sites (N-methyl/N-ethyl adjacent to an activating group) is 1. The minimum Gasteiger partial charge on any atom is -0.381 e. The lowest BCUT2D eigenvalue weighted by atomic mass is 10.0. The largest absolute Gasteiger partial charge is 0.381 e. The Bertz CT molecular complexity index is 393. The fraction of sp³-hybridized carbons (Fsp3) is 0.947. The van der Waals surface area contributed by atoms with E-state index in [-0.39, 0.29) is 0 Å². The lowest BCUT2D eigenvalue weighted by Crippen LogP contribution is -2.52. The first-order valence-corrected chi connectivity index (χ1v) is 10.2. The van der Waals surface area contributed by atoms with Crippen molar-refractivity contribution in [3.05, 3.63) is 0 Å². The summed E-state index contributed by atoms with van der Waals surface area (Å²) in [6.45, 7) is 12.2. The van der Waals surface area contributed by atoms with Crippen LogP contribution in [0.25, 0.3) is 0 Å². The SMILES string of the molecule is CN=C(NCCCOCC1CCOCC1)NCC(C)N1CCN(C)CC1. The minimum atomic E-state index is 0.519. The molecule has 152 valence electrons. The smallest absolute Gasteiger partial charge is 0.191 e. The van der Waals surface area contributed by atoms with Gasteiger partial charge in [0.1, 0.15) is 0 Å². The van der Waals surface area contributed by atoms with Crippen molar-refractivity contribution >= 4 is 5.96 Å². The number of aliphatic imine (C=N–C) groups is 1. The zero-order chi connectivity index (χ0) is 18.6. The molecule has 0 aromatic carbocycles. The van der Waals surface area contributed by atoms with Gasteiger partial charge in [-0.05, 0) is 39.2 Å². The molecule has 2 aliphatic rings. The Morgan fingerprint density at radius 3 is 2.62 bits per heavy atom. The molecule has 2 N–H and O–H groups in total. The first kappa shape index (κ1) is 21.4. The molecule has 26 heavy (non-hydrogen) atoms. The van der Waals surface area contributed by atoms with E-state index >= 15 is 0 Å². The standard InChI is InChI=1S/C19H39N5O2/c1-17(24-10-8-23(3)9-11-24)15-22-19(20-2)21-7-4-12-26-16-18-5-13-25-14-6-18/h17-18H,4-16H2,1-3H3,(H2,20,21,22). The summed E-state index contributed by atoms with van der Waals surface area (Å²) in [6.07, 6.45) is 3.28. The van der Waals surface area contributed by atoms with E-state index in [1.807, 2.05) is 7.05 Å². The van der Waals surface area contributed by atoms with Crippen LogP contribution in [-0.2, 0) is 9.47 Å². The third kappa shape index (κ3) is 8.20. The zero-order valence-electron chi connectivity index (χ0n) is 17.0. The van der Waals surface area contributed by atoms with Crippen molar-refractivity contribution < 1.29 is 9.47 Å². The van der Waals surface area contributed by atoms with E-state index in [0.29, 0.717) is 12.0 Å². The molecular formula is C19H39N5O2. The molecular weight excluding hydrogens is 330 g/mol. The summed E-state index contributed by atoms with van der Waals surface area (Å²) in [7, 11) is 4.02. The summed E-state index contributed by atoms with van der Waals surface area (Å²) in [5, 5.41) is 6.83. The van der Waals surface area contributed by atoms with Crippen LogP contribution in [0.1, 0.15) is 26.2 Å². The molecule has 2 aliphatic heterocycles. The predicted octanol–water partition coefficient (Wildman–Crippen LogP) is 0.621. The maximum Gasteiger partial charge on any atom is 0.191 e. The highest BCUT2D eigenvalue weighted by Gasteiger charge is 2.19. The van der Waals surface area contributed by atoms with Crippen LogP contribution < -0.4 is 10.6 Å². The molecule has 0 radical (unpaired) electrons. The van der Waals surface area contributed by atoms with Gasteiger partial charge in [-0.15, -0.1) is 0 Å². The van der Waals surface area contributed by atoms with Gasteiger partial charge in [-0.25, -0.2) is 0 Å². The van der Waals surface area contributed by atoms with Gasteiger partial charge >= 0.3 is 0 Å². The fourth-order valence-electron chi connectivity index (χ4n) is 3.40. The second-order valence-electron chi connectivity index (χ2n) is 7.55. The van der Waals surface area contributed by atoms with E-state index in [9.17, 15) is 0 Å². The van der Waals surface area contributed by atoms with E-state index < -0.39 is 0 Å². The van der Waals surface area contributed by atoms with E-state index in [1.165, 1.54) is 0 Å². The van der Waals surface area contributed by atoms with E-state index in [0.717, 1.165) is 90.9 Å². The van der Waals surface area contributed by atoms with Crippen molar-refractivity contribution in [2.24, 2.45) is 10.9 Å². The first-order chi connectivity index (χ1) is 12.7. The van der Waals surface area contributed by atoms with Gasteiger partial charge in [0.2, 0.25) is 0 Å². The van der Waals surface area contributed by atoms with Crippen LogP contribution in [0.15, 0.2) is 4.99 Å². The van der Waals surface area contributed by atoms with Crippen LogP contribution in [0, 0.1) is 5.92 Å². The monoisotopic (exact) mass is 369 g/mol. The summed E-state index contributed by atoms with van der Waals surface area (Å²) in [6, 6.07) is 0.519. The maximum atomic E-state index is 5.81. The van der Waals surface area contributed by atoms with Crippen molar-refractivity contribution in [3.63, 3.8) is 0 Å². The number of guanidine groups is 1. The number of hydrogen-bond acceptors (Lipinski definition) is 5. The van der Waals surface area contributed by atoms with Crippen LogP contribution in [0.3, 0.4) is 0 Å². The molecule has 0 amide bonds. The van der Waals surface area contributed by atoms with E-state index in [2.05, 4.69) is 39.4 Å². The molecule has 1 atom stereocenters. The number of ether oxygens (including phenoxy) is 2. The average Bonchev–Trinajstić information content (AvgIpc) is 2.68. The fourth-order valence-corrected chi connectivity index (χ4v) is 3.40. The highest BCUT2D eigenvalue weighted by molar-refractivity contribution is 5.79. The quantitative estimate of drug-likeness (QED) is 0.353. The summed E-state index contributed by atoms with van der Waals surface area (Å²) < 4.78 is 11.2. The van der Waals surface area contributed by atoms with Gasteiger partial charge < -0.3 is 25.0 Å². The number of piperazine rings is 1. The van der Waals surface area contributed by atoms with Crippen molar-refractivity contribution in [3.8, 4) is 0 Å². The number of nitrogens with zero attached hydrogens (tertiary/aromatic N) is 3. The molecule has 7 nitrogen and oxygen atoms in total. The molecule has 0 spiro atoms. The molecule has 2 rings (SSSR count). The second-order valence-corrected chi connectivity index (χ2v) is 7.55. The Kier molecular flexibility index (Phi) is 10.3. The van der Waals surface area contributed by atoms with Crippen molar-refractivity contribution in [2.45, 2.75) is 32.2 Å². The molecule has 2 fully saturated rings. The van der Waals surface area contributed by atoms with Gasteiger partial charge in [0.05, 0.1) is 0 Å². The lowest BCUT2D eigenvalue weighted by Gasteiger charge is -2.36. The molecule has 2 saturated heterocycles. The molecule has 0 aliphatic carbocycles. The Hall–Kier alpha value is -0.890. The Balaban J connectivity index is 1.49. The third-order valence-electron chi connectivity index (χ3n) is 5.40. The van der Waals surface area contributed by atoms with Crippen molar-refractivity contribution in [1.29, 1.82) is 0 Å². The predicted molar refractivity (Wildman–Crippen MR) is 107 cm³/mol. The average molecular weight is 370 g/mol. The highest BCUT2D eigenvalue weighted by Crippen LogP contribution is 2.14. The topological polar surface area (TPSA) is 61.4 Å². The highest BCUT2D eigenvalue weighted by atomic mass is 16.5. The first-order valence-electron chi connectivity index (χ1n) is 10.2. The molecule has 0 bridgehead atoms. The van der Waals surface area contributed by atoms with Crippen molar-refractivity contribution in [2.75, 3.05) is 79.8 Å². The third-order valence-corrected chi connectivity index (χ3v) is 5.40. The van der Waals surface area contributed by atoms with E-state index in [1.54, 1.807) is 0 Å². The number of nitrogens with one attached hydrogen (secondary N) is 2. The summed E-state index contributed by atoms with van der Waals surface area (Å²) >= 11 is 0. The van der Waals surface area contributed by atoms with Gasteiger partial charge in [0, 0.05) is 78.8 Å². The van der Waals surface area contributed by atoms with Crippen LogP contribution in [0.5, 0.6) is 0 Å². The number of rotatable bonds is 9.